The molecule has 0 saturated carbocycles. The van der Waals surface area contributed by atoms with Crippen LogP contribution < -0.4 is 0 Å². The average Bonchev–Trinajstić information content (AvgIpc) is 2.79. The summed E-state index contributed by atoms with van der Waals surface area (Å²) in [5.41, 5.74) is 3.95. The van der Waals surface area contributed by atoms with Gasteiger partial charge in [-0.05, 0) is 65.1 Å². The topological polar surface area (TPSA) is 34.9 Å². The Morgan fingerprint density at radius 2 is 1.90 bits per heavy atom. The predicted molar refractivity (Wildman–Crippen MR) is 92.2 cm³/mol. The highest BCUT2D eigenvalue weighted by Gasteiger charge is 2.31. The second-order valence-corrected chi connectivity index (χ2v) is 7.43. The summed E-state index contributed by atoms with van der Waals surface area (Å²) >= 11 is 2.30. The maximum absolute atomic E-state index is 12.5. The minimum Gasteiger partial charge on any atom is -0.294 e. The van der Waals surface area contributed by atoms with Crippen LogP contribution in [0.3, 0.4) is 0 Å². The molecule has 1 aromatic carbocycles. The molecule has 0 amide bonds. The lowest BCUT2D eigenvalue weighted by Crippen LogP contribution is -2.20. The van der Waals surface area contributed by atoms with Crippen LogP contribution in [0.4, 0.5) is 0 Å². The summed E-state index contributed by atoms with van der Waals surface area (Å²) in [6, 6.07) is 8.30. The Balaban J connectivity index is 2.20. The average molecular weight is 394 g/mol. The van der Waals surface area contributed by atoms with Crippen molar-refractivity contribution in [3.05, 3.63) is 44.8 Å². The summed E-state index contributed by atoms with van der Waals surface area (Å²) in [7, 11) is 0. The zero-order valence-corrected chi connectivity index (χ0v) is 14.7. The molecule has 0 bridgehead atoms. The van der Waals surface area contributed by atoms with E-state index in [1.54, 1.807) is 0 Å². The molecule has 3 rings (SSSR count). The summed E-state index contributed by atoms with van der Waals surface area (Å²) in [5.74, 6) is 0.912. The summed E-state index contributed by atoms with van der Waals surface area (Å²) in [4.78, 5) is 12.5. The van der Waals surface area contributed by atoms with E-state index in [1.165, 1.54) is 3.57 Å². The Labute approximate surface area is 138 Å². The maximum Gasteiger partial charge on any atom is 0.166 e. The van der Waals surface area contributed by atoms with Gasteiger partial charge in [-0.15, -0.1) is 0 Å². The molecular formula is C17H19IN2O. The molecule has 4 heteroatoms. The zero-order valence-electron chi connectivity index (χ0n) is 12.6. The van der Waals surface area contributed by atoms with Crippen molar-refractivity contribution in [1.82, 2.24) is 9.78 Å². The Morgan fingerprint density at radius 3 is 2.52 bits per heavy atom. The minimum absolute atomic E-state index is 0.254. The molecule has 1 unspecified atom stereocenters. The number of carbonyl (C=O) groups excluding carboxylic acids is 1. The van der Waals surface area contributed by atoms with Gasteiger partial charge in [-0.25, -0.2) is 4.68 Å². The van der Waals surface area contributed by atoms with Gasteiger partial charge in [0.2, 0.25) is 0 Å². The Hall–Kier alpha value is -1.17. The third-order valence-corrected chi connectivity index (χ3v) is 4.70. The smallest absolute Gasteiger partial charge is 0.166 e. The predicted octanol–water partition coefficient (Wildman–Crippen LogP) is 4.37. The molecule has 0 fully saturated rings. The van der Waals surface area contributed by atoms with Crippen LogP contribution in [0.2, 0.25) is 0 Å². The molecule has 21 heavy (non-hydrogen) atoms. The molecule has 0 N–H and O–H groups in total. The van der Waals surface area contributed by atoms with Gasteiger partial charge < -0.3 is 0 Å². The van der Waals surface area contributed by atoms with Crippen LogP contribution >= 0.6 is 22.6 Å². The van der Waals surface area contributed by atoms with Gasteiger partial charge >= 0.3 is 0 Å². The normalized spacial score (nSPS) is 18.1. The first kappa shape index (κ1) is 14.8. The maximum atomic E-state index is 12.5. The molecule has 110 valence electrons. The van der Waals surface area contributed by atoms with Crippen molar-refractivity contribution in [3.8, 4) is 5.69 Å². The lowest BCUT2D eigenvalue weighted by atomic mass is 9.85. The molecule has 0 aliphatic heterocycles. The number of benzene rings is 1. The van der Waals surface area contributed by atoms with E-state index in [2.05, 4.69) is 67.6 Å². The van der Waals surface area contributed by atoms with Crippen LogP contribution in [0, 0.1) is 9.49 Å². The lowest BCUT2D eigenvalue weighted by Gasteiger charge is -2.19. The van der Waals surface area contributed by atoms with Gasteiger partial charge in [0.15, 0.2) is 5.78 Å². The Morgan fingerprint density at radius 1 is 1.24 bits per heavy atom. The van der Waals surface area contributed by atoms with Gasteiger partial charge in [-0.1, -0.05) is 20.8 Å². The fourth-order valence-electron chi connectivity index (χ4n) is 2.98. The molecule has 1 aliphatic rings. The molecule has 0 saturated heterocycles. The molecular weight excluding hydrogens is 375 g/mol. The fraction of sp³-hybridized carbons (Fsp3) is 0.412. The van der Waals surface area contributed by atoms with Gasteiger partial charge in [0.1, 0.15) is 0 Å². The molecule has 0 spiro atoms. The number of hydrogen-bond acceptors (Lipinski definition) is 2. The molecule has 1 aromatic heterocycles. The number of Topliss-reactive ketones (excluding diaryl/α,β-unsaturated/α-hetero) is 1. The number of ketones is 1. The number of fused-ring (bicyclic) bond motifs is 1. The zero-order chi connectivity index (χ0) is 15.1. The fourth-order valence-corrected chi connectivity index (χ4v) is 3.34. The molecule has 1 heterocycles. The second kappa shape index (κ2) is 5.55. The van der Waals surface area contributed by atoms with Gasteiger partial charge in [0.25, 0.3) is 0 Å². The number of rotatable bonds is 2. The molecule has 3 nitrogen and oxygen atoms in total. The number of carbonyl (C=O) groups is 1. The Bertz CT molecular complexity index is 686. The summed E-state index contributed by atoms with van der Waals surface area (Å²) < 4.78 is 3.18. The number of aromatic nitrogens is 2. The van der Waals surface area contributed by atoms with Crippen molar-refractivity contribution in [1.29, 1.82) is 0 Å². The summed E-state index contributed by atoms with van der Waals surface area (Å²) in [6.07, 6.45) is 1.57. The number of nitrogens with zero attached hydrogens (tertiary/aromatic N) is 2. The van der Waals surface area contributed by atoms with E-state index >= 15 is 0 Å². The second-order valence-electron chi connectivity index (χ2n) is 6.19. The van der Waals surface area contributed by atoms with E-state index in [0.717, 1.165) is 29.1 Å². The van der Waals surface area contributed by atoms with Crippen LogP contribution in [0.15, 0.2) is 24.3 Å². The first-order chi connectivity index (χ1) is 9.97. The molecule has 0 radical (unpaired) electrons. The summed E-state index contributed by atoms with van der Waals surface area (Å²) in [6.45, 7) is 6.35. The van der Waals surface area contributed by atoms with Crippen molar-refractivity contribution in [2.24, 2.45) is 5.92 Å². The largest absolute Gasteiger partial charge is 0.294 e. The molecule has 1 aliphatic carbocycles. The van der Waals surface area contributed by atoms with Crippen molar-refractivity contribution >= 4 is 28.4 Å². The van der Waals surface area contributed by atoms with E-state index in [1.807, 2.05) is 4.68 Å². The Kier molecular flexibility index (Phi) is 3.90. The highest BCUT2D eigenvalue weighted by atomic mass is 127. The SMILES string of the molecule is CC1CC(=O)c2c(C(C)C)nn(-c3ccc(I)cc3)c2C1. The van der Waals surface area contributed by atoms with Crippen molar-refractivity contribution in [2.45, 2.75) is 39.5 Å². The highest BCUT2D eigenvalue weighted by Crippen LogP contribution is 2.32. The lowest BCUT2D eigenvalue weighted by molar-refractivity contribution is 0.0951. The van der Waals surface area contributed by atoms with E-state index in [0.29, 0.717) is 12.3 Å². The first-order valence-corrected chi connectivity index (χ1v) is 8.46. The van der Waals surface area contributed by atoms with Gasteiger partial charge in [-0.2, -0.15) is 5.10 Å². The third kappa shape index (κ3) is 2.65. The van der Waals surface area contributed by atoms with Gasteiger partial charge in [0, 0.05) is 9.99 Å². The first-order valence-electron chi connectivity index (χ1n) is 7.38. The number of hydrogen-bond donors (Lipinski definition) is 0. The standard InChI is InChI=1S/C17H19IN2O/c1-10(2)17-16-14(8-11(3)9-15(16)21)20(19-17)13-6-4-12(18)5-7-13/h4-7,10-11H,8-9H2,1-3H3. The van der Waals surface area contributed by atoms with Gasteiger partial charge in [-0.3, -0.25) is 4.79 Å². The quantitative estimate of drug-likeness (QED) is 0.710. The number of halogens is 1. The van der Waals surface area contributed by atoms with E-state index < -0.39 is 0 Å². The van der Waals surface area contributed by atoms with E-state index in [-0.39, 0.29) is 11.7 Å². The van der Waals surface area contributed by atoms with Crippen LogP contribution in [-0.2, 0) is 6.42 Å². The van der Waals surface area contributed by atoms with Crippen LogP contribution in [0.25, 0.3) is 5.69 Å². The van der Waals surface area contributed by atoms with E-state index in [4.69, 9.17) is 5.10 Å². The molecule has 2 aromatic rings. The van der Waals surface area contributed by atoms with Crippen molar-refractivity contribution < 1.29 is 4.79 Å². The highest BCUT2D eigenvalue weighted by molar-refractivity contribution is 14.1. The van der Waals surface area contributed by atoms with Crippen molar-refractivity contribution in [2.75, 3.05) is 0 Å². The monoisotopic (exact) mass is 394 g/mol. The third-order valence-electron chi connectivity index (χ3n) is 3.98. The van der Waals surface area contributed by atoms with Gasteiger partial charge in [0.05, 0.1) is 22.6 Å². The molecule has 1 atom stereocenters. The summed E-state index contributed by atoms with van der Waals surface area (Å²) in [5, 5.41) is 4.77. The van der Waals surface area contributed by atoms with Crippen LogP contribution in [-0.4, -0.2) is 15.6 Å². The minimum atomic E-state index is 0.254. The van der Waals surface area contributed by atoms with Crippen LogP contribution in [0.1, 0.15) is 54.9 Å². The van der Waals surface area contributed by atoms with Crippen LogP contribution in [0.5, 0.6) is 0 Å². The van der Waals surface area contributed by atoms with Crippen molar-refractivity contribution in [3.63, 3.8) is 0 Å². The van der Waals surface area contributed by atoms with E-state index in [9.17, 15) is 4.79 Å².